The number of rotatable bonds is 7. The molecule has 1 atom stereocenters. The van der Waals surface area contributed by atoms with E-state index in [0.717, 1.165) is 22.2 Å². The third-order valence-electron chi connectivity index (χ3n) is 4.40. The first-order chi connectivity index (χ1) is 14.0. The highest BCUT2D eigenvalue weighted by atomic mass is 16.5. The lowest BCUT2D eigenvalue weighted by atomic mass is 10.0. The van der Waals surface area contributed by atoms with Gasteiger partial charge < -0.3 is 14.5 Å². The van der Waals surface area contributed by atoms with Crippen molar-refractivity contribution in [2.24, 2.45) is 0 Å². The lowest BCUT2D eigenvalue weighted by Crippen LogP contribution is -2.24. The number of carbonyl (C=O) groups excluding carboxylic acids is 2. The van der Waals surface area contributed by atoms with Crippen LogP contribution in [0, 0.1) is 18.3 Å². The number of para-hydroxylation sites is 1. The highest BCUT2D eigenvalue weighted by molar-refractivity contribution is 6.11. The SMILES string of the molecule is Cc1[nH]c2ccccc2c1C(=O)[C@@H](C)OC(=O)/C=C\c1ccc(OCC#N)cc1. The highest BCUT2D eigenvalue weighted by Crippen LogP contribution is 2.24. The number of H-pyrrole nitrogens is 1. The van der Waals surface area contributed by atoms with Crippen molar-refractivity contribution in [3.63, 3.8) is 0 Å². The molecule has 3 aromatic rings. The van der Waals surface area contributed by atoms with Crippen LogP contribution in [-0.2, 0) is 9.53 Å². The molecule has 1 aromatic heterocycles. The topological polar surface area (TPSA) is 92.2 Å². The van der Waals surface area contributed by atoms with Crippen molar-refractivity contribution in [3.05, 3.63) is 71.4 Å². The fourth-order valence-electron chi connectivity index (χ4n) is 3.02. The molecule has 1 N–H and O–H groups in total. The van der Waals surface area contributed by atoms with E-state index >= 15 is 0 Å². The van der Waals surface area contributed by atoms with E-state index < -0.39 is 12.1 Å². The molecule has 146 valence electrons. The maximum absolute atomic E-state index is 12.8. The third-order valence-corrected chi connectivity index (χ3v) is 4.40. The molecule has 0 unspecified atom stereocenters. The average molecular weight is 388 g/mol. The van der Waals surface area contributed by atoms with Crippen LogP contribution in [0.1, 0.15) is 28.5 Å². The molecule has 0 aliphatic heterocycles. The van der Waals surface area contributed by atoms with Gasteiger partial charge in [-0.2, -0.15) is 5.26 Å². The monoisotopic (exact) mass is 388 g/mol. The molecular formula is C23H20N2O4. The van der Waals surface area contributed by atoms with Gasteiger partial charge in [0.25, 0.3) is 0 Å². The van der Waals surface area contributed by atoms with Gasteiger partial charge in [-0.05, 0) is 43.7 Å². The number of ketones is 1. The number of nitrogens with zero attached hydrogens (tertiary/aromatic N) is 1. The number of nitrogens with one attached hydrogen (secondary N) is 1. The number of esters is 1. The van der Waals surface area contributed by atoms with E-state index in [4.69, 9.17) is 14.7 Å². The van der Waals surface area contributed by atoms with Gasteiger partial charge in [0, 0.05) is 28.2 Å². The van der Waals surface area contributed by atoms with Gasteiger partial charge in [0.2, 0.25) is 5.78 Å². The van der Waals surface area contributed by atoms with E-state index in [0.29, 0.717) is 11.3 Å². The summed E-state index contributed by atoms with van der Waals surface area (Å²) in [6.45, 7) is 3.37. The Labute approximate surface area is 168 Å². The van der Waals surface area contributed by atoms with E-state index in [1.165, 1.54) is 6.08 Å². The molecule has 6 heteroatoms. The predicted octanol–water partition coefficient (Wildman–Crippen LogP) is 4.21. The maximum Gasteiger partial charge on any atom is 0.331 e. The first-order valence-electron chi connectivity index (χ1n) is 9.09. The summed E-state index contributed by atoms with van der Waals surface area (Å²) >= 11 is 0. The molecule has 0 spiro atoms. The van der Waals surface area contributed by atoms with E-state index in [1.807, 2.05) is 37.3 Å². The number of hydrogen-bond donors (Lipinski definition) is 1. The minimum atomic E-state index is -0.910. The summed E-state index contributed by atoms with van der Waals surface area (Å²) in [6.07, 6.45) is 1.95. The number of benzene rings is 2. The van der Waals surface area contributed by atoms with Crippen LogP contribution in [0.25, 0.3) is 17.0 Å². The summed E-state index contributed by atoms with van der Waals surface area (Å²) in [7, 11) is 0. The van der Waals surface area contributed by atoms with E-state index in [1.54, 1.807) is 37.3 Å². The zero-order chi connectivity index (χ0) is 20.8. The Hall–Kier alpha value is -3.85. The van der Waals surface area contributed by atoms with Crippen molar-refractivity contribution in [2.75, 3.05) is 6.61 Å². The number of nitriles is 1. The number of carbonyl (C=O) groups is 2. The van der Waals surface area contributed by atoms with E-state index in [9.17, 15) is 9.59 Å². The molecule has 0 radical (unpaired) electrons. The summed E-state index contributed by atoms with van der Waals surface area (Å²) < 4.78 is 10.5. The fraction of sp³-hybridized carbons (Fsp3) is 0.174. The Morgan fingerprint density at radius 2 is 1.90 bits per heavy atom. The molecular weight excluding hydrogens is 368 g/mol. The van der Waals surface area contributed by atoms with Crippen molar-refractivity contribution in [1.29, 1.82) is 5.26 Å². The van der Waals surface area contributed by atoms with E-state index in [-0.39, 0.29) is 12.4 Å². The molecule has 0 saturated heterocycles. The predicted molar refractivity (Wildman–Crippen MR) is 110 cm³/mol. The summed E-state index contributed by atoms with van der Waals surface area (Å²) in [5.41, 5.74) is 2.91. The lowest BCUT2D eigenvalue weighted by Gasteiger charge is -2.11. The van der Waals surface area contributed by atoms with Crippen molar-refractivity contribution in [1.82, 2.24) is 4.98 Å². The first kappa shape index (κ1) is 19.9. The fourth-order valence-corrected chi connectivity index (χ4v) is 3.02. The Bertz CT molecular complexity index is 1100. The number of aromatic amines is 1. The minimum absolute atomic E-state index is 0.0245. The molecule has 0 saturated carbocycles. The third kappa shape index (κ3) is 4.71. The van der Waals surface area contributed by atoms with Crippen molar-refractivity contribution in [2.45, 2.75) is 20.0 Å². The van der Waals surface area contributed by atoms with Crippen LogP contribution in [0.4, 0.5) is 0 Å². The number of fused-ring (bicyclic) bond motifs is 1. The normalized spacial score (nSPS) is 11.9. The molecule has 0 aliphatic rings. The summed E-state index contributed by atoms with van der Waals surface area (Å²) in [5.74, 6) is -0.284. The first-order valence-corrected chi connectivity index (χ1v) is 9.09. The van der Waals surface area contributed by atoms with Crippen LogP contribution in [0.3, 0.4) is 0 Å². The molecule has 1 heterocycles. The second-order valence-corrected chi connectivity index (χ2v) is 6.46. The quantitative estimate of drug-likeness (QED) is 0.372. The van der Waals surface area contributed by atoms with Gasteiger partial charge in [0.1, 0.15) is 11.8 Å². The van der Waals surface area contributed by atoms with Crippen LogP contribution >= 0.6 is 0 Å². The number of ether oxygens (including phenoxy) is 2. The highest BCUT2D eigenvalue weighted by Gasteiger charge is 2.23. The van der Waals surface area contributed by atoms with Crippen molar-refractivity contribution in [3.8, 4) is 11.8 Å². The van der Waals surface area contributed by atoms with Gasteiger partial charge in [0.15, 0.2) is 12.7 Å². The van der Waals surface area contributed by atoms with E-state index in [2.05, 4.69) is 4.98 Å². The van der Waals surface area contributed by atoms with Crippen LogP contribution in [0.5, 0.6) is 5.75 Å². The molecule has 0 aliphatic carbocycles. The Morgan fingerprint density at radius 1 is 1.17 bits per heavy atom. The van der Waals surface area contributed by atoms with Gasteiger partial charge >= 0.3 is 5.97 Å². The molecule has 0 fully saturated rings. The van der Waals surface area contributed by atoms with Crippen molar-refractivity contribution >= 4 is 28.7 Å². The number of aromatic nitrogens is 1. The molecule has 0 bridgehead atoms. The van der Waals surface area contributed by atoms with Crippen LogP contribution in [0.2, 0.25) is 0 Å². The second-order valence-electron chi connectivity index (χ2n) is 6.46. The Kier molecular flexibility index (Phi) is 6.10. The lowest BCUT2D eigenvalue weighted by molar-refractivity contribution is -0.140. The van der Waals surface area contributed by atoms with Crippen LogP contribution < -0.4 is 4.74 Å². The summed E-state index contributed by atoms with van der Waals surface area (Å²) in [4.78, 5) is 28.1. The number of hydrogen-bond acceptors (Lipinski definition) is 5. The van der Waals surface area contributed by atoms with Gasteiger partial charge in [-0.15, -0.1) is 0 Å². The molecule has 6 nitrogen and oxygen atoms in total. The smallest absolute Gasteiger partial charge is 0.331 e. The zero-order valence-corrected chi connectivity index (χ0v) is 16.1. The summed E-state index contributed by atoms with van der Waals surface area (Å²) in [6, 6.07) is 16.3. The van der Waals surface area contributed by atoms with Crippen LogP contribution in [-0.4, -0.2) is 29.4 Å². The number of aryl methyl sites for hydroxylation is 1. The van der Waals surface area contributed by atoms with Gasteiger partial charge in [-0.1, -0.05) is 30.3 Å². The zero-order valence-electron chi connectivity index (χ0n) is 16.1. The average Bonchev–Trinajstić information content (AvgIpc) is 3.06. The standard InChI is InChI=1S/C23H20N2O4/c1-15-22(19-5-3-4-6-20(19)25-15)23(27)16(2)29-21(26)12-9-17-7-10-18(11-8-17)28-14-13-24/h3-12,16,25H,14H2,1-2H3/b12-9-/t16-/m1/s1. The Balaban J connectivity index is 1.64. The van der Waals surface area contributed by atoms with Gasteiger partial charge in [0.05, 0.1) is 0 Å². The molecule has 29 heavy (non-hydrogen) atoms. The van der Waals surface area contributed by atoms with Gasteiger partial charge in [-0.3, -0.25) is 4.79 Å². The maximum atomic E-state index is 12.8. The molecule has 0 amide bonds. The molecule has 2 aromatic carbocycles. The largest absolute Gasteiger partial charge is 0.479 e. The van der Waals surface area contributed by atoms with Gasteiger partial charge in [-0.25, -0.2) is 4.79 Å². The van der Waals surface area contributed by atoms with Crippen LogP contribution in [0.15, 0.2) is 54.6 Å². The minimum Gasteiger partial charge on any atom is -0.479 e. The second kappa shape index (κ2) is 8.89. The summed E-state index contributed by atoms with van der Waals surface area (Å²) in [5, 5.41) is 9.31. The Morgan fingerprint density at radius 3 is 2.62 bits per heavy atom. The molecule has 3 rings (SSSR count). The number of Topliss-reactive ketones (excluding diaryl/α,β-unsaturated/α-hetero) is 1. The van der Waals surface area contributed by atoms with Crippen molar-refractivity contribution < 1.29 is 19.1 Å².